The Kier molecular flexibility index (Phi) is 4.78. The van der Waals surface area contributed by atoms with Gasteiger partial charge in [0.25, 0.3) is 0 Å². The van der Waals surface area contributed by atoms with Crippen LogP contribution >= 0.6 is 0 Å². The highest BCUT2D eigenvalue weighted by Gasteiger charge is 2.19. The summed E-state index contributed by atoms with van der Waals surface area (Å²) < 4.78 is 6.80. The summed E-state index contributed by atoms with van der Waals surface area (Å²) in [6, 6.07) is 10.2. The molecule has 0 saturated heterocycles. The van der Waals surface area contributed by atoms with Gasteiger partial charge in [-0.1, -0.05) is 37.3 Å². The molecule has 0 fully saturated rings. The second-order valence-electron chi connectivity index (χ2n) is 5.42. The maximum Gasteiger partial charge on any atom is 0.308 e. The van der Waals surface area contributed by atoms with Crippen LogP contribution in [-0.4, -0.2) is 22.9 Å². The average molecular weight is 286 g/mol. The molecule has 1 aromatic heterocycles. The van der Waals surface area contributed by atoms with E-state index in [0.717, 1.165) is 23.5 Å². The second-order valence-corrected chi connectivity index (χ2v) is 5.42. The monoisotopic (exact) mass is 286 g/mol. The molecule has 21 heavy (non-hydrogen) atoms. The lowest BCUT2D eigenvalue weighted by Gasteiger charge is -2.10. The summed E-state index contributed by atoms with van der Waals surface area (Å²) >= 11 is 0. The van der Waals surface area contributed by atoms with Crippen LogP contribution in [0.2, 0.25) is 0 Å². The third-order valence-electron chi connectivity index (χ3n) is 3.82. The molecule has 4 heteroatoms. The molecule has 0 aliphatic rings. The van der Waals surface area contributed by atoms with Gasteiger partial charge in [0.05, 0.1) is 25.3 Å². The SMILES string of the molecule is COC(=O)C(C)Cc1c(C)nn(Cc2ccccc2)c1C. The molecule has 0 spiro atoms. The fourth-order valence-electron chi connectivity index (χ4n) is 2.53. The van der Waals surface area contributed by atoms with Gasteiger partial charge in [0, 0.05) is 5.69 Å². The van der Waals surface area contributed by atoms with E-state index in [1.54, 1.807) is 0 Å². The molecule has 0 saturated carbocycles. The predicted octanol–water partition coefficient (Wildman–Crippen LogP) is 2.90. The lowest BCUT2D eigenvalue weighted by atomic mass is 10.00. The van der Waals surface area contributed by atoms with Crippen molar-refractivity contribution in [3.05, 3.63) is 52.8 Å². The lowest BCUT2D eigenvalue weighted by molar-refractivity contribution is -0.144. The van der Waals surface area contributed by atoms with E-state index in [-0.39, 0.29) is 11.9 Å². The number of hydrogen-bond acceptors (Lipinski definition) is 3. The zero-order chi connectivity index (χ0) is 15.4. The molecule has 0 N–H and O–H groups in total. The number of benzene rings is 1. The standard InChI is InChI=1S/C17H22N2O2/c1-12(17(20)21-4)10-16-13(2)18-19(14(16)3)11-15-8-6-5-7-9-15/h5-9,12H,10-11H2,1-4H3. The quantitative estimate of drug-likeness (QED) is 0.794. The Morgan fingerprint density at radius 1 is 1.29 bits per heavy atom. The minimum absolute atomic E-state index is 0.151. The van der Waals surface area contributed by atoms with Gasteiger partial charge in [-0.2, -0.15) is 5.10 Å². The number of nitrogens with zero attached hydrogens (tertiary/aromatic N) is 2. The highest BCUT2D eigenvalue weighted by molar-refractivity contribution is 5.72. The van der Waals surface area contributed by atoms with E-state index in [1.165, 1.54) is 12.7 Å². The molecule has 112 valence electrons. The van der Waals surface area contributed by atoms with Crippen LogP contribution in [-0.2, 0) is 22.5 Å². The van der Waals surface area contributed by atoms with Crippen LogP contribution in [0.5, 0.6) is 0 Å². The normalized spacial score (nSPS) is 12.2. The maximum atomic E-state index is 11.6. The van der Waals surface area contributed by atoms with Crippen LogP contribution < -0.4 is 0 Å². The summed E-state index contributed by atoms with van der Waals surface area (Å²) in [4.78, 5) is 11.6. The number of carbonyl (C=O) groups excluding carboxylic acids is 1. The van der Waals surface area contributed by atoms with E-state index in [4.69, 9.17) is 4.74 Å². The molecule has 0 bridgehead atoms. The number of carbonyl (C=O) groups is 1. The van der Waals surface area contributed by atoms with Crippen molar-refractivity contribution in [1.29, 1.82) is 0 Å². The molecule has 0 radical (unpaired) electrons. The molecule has 0 aliphatic carbocycles. The molecule has 4 nitrogen and oxygen atoms in total. The van der Waals surface area contributed by atoms with Crippen LogP contribution in [0.3, 0.4) is 0 Å². The largest absolute Gasteiger partial charge is 0.469 e. The van der Waals surface area contributed by atoms with Gasteiger partial charge in [0.2, 0.25) is 0 Å². The first-order valence-electron chi connectivity index (χ1n) is 7.17. The Morgan fingerprint density at radius 2 is 1.95 bits per heavy atom. The van der Waals surface area contributed by atoms with Crippen LogP contribution in [0.15, 0.2) is 30.3 Å². The first-order chi connectivity index (χ1) is 10.0. The third kappa shape index (κ3) is 3.51. The molecule has 1 aromatic carbocycles. The van der Waals surface area contributed by atoms with E-state index in [0.29, 0.717) is 6.42 Å². The molecular formula is C17H22N2O2. The minimum Gasteiger partial charge on any atom is -0.469 e. The highest BCUT2D eigenvalue weighted by atomic mass is 16.5. The van der Waals surface area contributed by atoms with Crippen molar-refractivity contribution in [2.75, 3.05) is 7.11 Å². The lowest BCUT2D eigenvalue weighted by Crippen LogP contribution is -2.16. The second kappa shape index (κ2) is 6.57. The number of ether oxygens (including phenoxy) is 1. The summed E-state index contributed by atoms with van der Waals surface area (Å²) in [5.74, 6) is -0.327. The Balaban J connectivity index is 2.19. The van der Waals surface area contributed by atoms with Crippen molar-refractivity contribution in [1.82, 2.24) is 9.78 Å². The van der Waals surface area contributed by atoms with E-state index in [2.05, 4.69) is 24.2 Å². The van der Waals surface area contributed by atoms with Gasteiger partial charge in [-0.25, -0.2) is 0 Å². The van der Waals surface area contributed by atoms with Gasteiger partial charge in [0.1, 0.15) is 0 Å². The number of methoxy groups -OCH3 is 1. The van der Waals surface area contributed by atoms with Crippen LogP contribution in [0.4, 0.5) is 0 Å². The predicted molar refractivity (Wildman–Crippen MR) is 82.1 cm³/mol. The molecule has 1 heterocycles. The molecule has 2 rings (SSSR count). The molecule has 2 aromatic rings. The zero-order valence-corrected chi connectivity index (χ0v) is 13.1. The molecule has 0 aliphatic heterocycles. The van der Waals surface area contributed by atoms with Crippen molar-refractivity contribution in [3.63, 3.8) is 0 Å². The number of esters is 1. The van der Waals surface area contributed by atoms with Gasteiger partial charge in [0.15, 0.2) is 0 Å². The van der Waals surface area contributed by atoms with Crippen molar-refractivity contribution in [2.45, 2.75) is 33.7 Å². The number of aryl methyl sites for hydroxylation is 1. The van der Waals surface area contributed by atoms with Gasteiger partial charge in [-0.05, 0) is 31.4 Å². The topological polar surface area (TPSA) is 44.1 Å². The Bertz CT molecular complexity index is 617. The average Bonchev–Trinajstić information content (AvgIpc) is 2.75. The summed E-state index contributed by atoms with van der Waals surface area (Å²) in [6.07, 6.45) is 0.666. The van der Waals surface area contributed by atoms with Crippen LogP contribution in [0.1, 0.15) is 29.4 Å². The third-order valence-corrected chi connectivity index (χ3v) is 3.82. The van der Waals surface area contributed by atoms with E-state index >= 15 is 0 Å². The van der Waals surface area contributed by atoms with E-state index in [1.807, 2.05) is 36.7 Å². The first kappa shape index (κ1) is 15.3. The fourth-order valence-corrected chi connectivity index (χ4v) is 2.53. The summed E-state index contributed by atoms with van der Waals surface area (Å²) in [5.41, 5.74) is 4.46. The number of hydrogen-bond donors (Lipinski definition) is 0. The number of aromatic nitrogens is 2. The van der Waals surface area contributed by atoms with Gasteiger partial charge >= 0.3 is 5.97 Å². The van der Waals surface area contributed by atoms with Gasteiger partial charge in [-0.15, -0.1) is 0 Å². The zero-order valence-electron chi connectivity index (χ0n) is 13.1. The van der Waals surface area contributed by atoms with Crippen molar-refractivity contribution < 1.29 is 9.53 Å². The van der Waals surface area contributed by atoms with Crippen molar-refractivity contribution in [2.24, 2.45) is 5.92 Å². The Hall–Kier alpha value is -2.10. The molecule has 1 unspecified atom stereocenters. The van der Waals surface area contributed by atoms with Gasteiger partial charge in [-0.3, -0.25) is 9.48 Å². The number of rotatable bonds is 5. The Labute approximate surface area is 125 Å². The summed E-state index contributed by atoms with van der Waals surface area (Å²) in [5, 5.41) is 4.61. The maximum absolute atomic E-state index is 11.6. The van der Waals surface area contributed by atoms with Crippen molar-refractivity contribution in [3.8, 4) is 0 Å². The van der Waals surface area contributed by atoms with Crippen molar-refractivity contribution >= 4 is 5.97 Å². The molecular weight excluding hydrogens is 264 g/mol. The summed E-state index contributed by atoms with van der Waals surface area (Å²) in [7, 11) is 1.43. The Morgan fingerprint density at radius 3 is 2.57 bits per heavy atom. The van der Waals surface area contributed by atoms with E-state index in [9.17, 15) is 4.79 Å². The van der Waals surface area contributed by atoms with Crippen LogP contribution in [0.25, 0.3) is 0 Å². The van der Waals surface area contributed by atoms with Gasteiger partial charge < -0.3 is 4.74 Å². The summed E-state index contributed by atoms with van der Waals surface area (Å²) in [6.45, 7) is 6.69. The molecule has 0 amide bonds. The molecule has 1 atom stereocenters. The highest BCUT2D eigenvalue weighted by Crippen LogP contribution is 2.19. The first-order valence-corrected chi connectivity index (χ1v) is 7.17. The smallest absolute Gasteiger partial charge is 0.308 e. The minimum atomic E-state index is -0.176. The van der Waals surface area contributed by atoms with E-state index < -0.39 is 0 Å². The van der Waals surface area contributed by atoms with Crippen LogP contribution in [0, 0.1) is 19.8 Å². The fraction of sp³-hybridized carbons (Fsp3) is 0.412.